The second kappa shape index (κ2) is 8.90. The minimum atomic E-state index is -0.328. The summed E-state index contributed by atoms with van der Waals surface area (Å²) in [5, 5.41) is 6.17. The average Bonchev–Trinajstić information content (AvgIpc) is 2.73. The monoisotopic (exact) mass is 377 g/mol. The standard InChI is InChI=1S/C22H23N3O3/c1-15-6-4-5-7-16(15)14-24-17-10-11-23-20(12-17)22(26)25-19-13-18(27-2)8-9-21(19)28-3/h4-13H,14H2,1-3H3,(H,23,24)(H,25,26). The summed E-state index contributed by atoms with van der Waals surface area (Å²) in [5.74, 6) is 0.840. The molecule has 144 valence electrons. The van der Waals surface area contributed by atoms with E-state index in [1.54, 1.807) is 44.7 Å². The molecule has 1 heterocycles. The first-order chi connectivity index (χ1) is 13.6. The van der Waals surface area contributed by atoms with Crippen LogP contribution in [0.3, 0.4) is 0 Å². The number of ether oxygens (including phenoxy) is 2. The Morgan fingerprint density at radius 1 is 1.04 bits per heavy atom. The highest BCUT2D eigenvalue weighted by molar-refractivity contribution is 6.04. The highest BCUT2D eigenvalue weighted by Crippen LogP contribution is 2.29. The lowest BCUT2D eigenvalue weighted by Gasteiger charge is -2.12. The molecule has 0 spiro atoms. The van der Waals surface area contributed by atoms with Gasteiger partial charge < -0.3 is 20.1 Å². The first-order valence-electron chi connectivity index (χ1n) is 8.88. The van der Waals surface area contributed by atoms with Crippen LogP contribution in [0.1, 0.15) is 21.6 Å². The van der Waals surface area contributed by atoms with Gasteiger partial charge in [0.1, 0.15) is 17.2 Å². The molecule has 0 atom stereocenters. The summed E-state index contributed by atoms with van der Waals surface area (Å²) in [4.78, 5) is 16.8. The van der Waals surface area contributed by atoms with Crippen LogP contribution in [0.4, 0.5) is 11.4 Å². The molecule has 1 aromatic heterocycles. The Bertz CT molecular complexity index is 973. The number of carbonyl (C=O) groups is 1. The molecule has 0 aliphatic heterocycles. The van der Waals surface area contributed by atoms with Crippen LogP contribution in [-0.4, -0.2) is 25.1 Å². The van der Waals surface area contributed by atoms with Crippen molar-refractivity contribution in [2.75, 3.05) is 24.9 Å². The van der Waals surface area contributed by atoms with Crippen molar-refractivity contribution < 1.29 is 14.3 Å². The fourth-order valence-corrected chi connectivity index (χ4v) is 2.77. The van der Waals surface area contributed by atoms with E-state index in [4.69, 9.17) is 9.47 Å². The summed E-state index contributed by atoms with van der Waals surface area (Å²) in [5.41, 5.74) is 4.06. The topological polar surface area (TPSA) is 72.5 Å². The van der Waals surface area contributed by atoms with Gasteiger partial charge in [-0.1, -0.05) is 24.3 Å². The van der Waals surface area contributed by atoms with Crippen molar-refractivity contribution in [2.45, 2.75) is 13.5 Å². The average molecular weight is 377 g/mol. The van der Waals surface area contributed by atoms with Gasteiger partial charge in [0.25, 0.3) is 5.91 Å². The quantitative estimate of drug-likeness (QED) is 0.643. The minimum absolute atomic E-state index is 0.305. The van der Waals surface area contributed by atoms with Crippen molar-refractivity contribution >= 4 is 17.3 Å². The van der Waals surface area contributed by atoms with Gasteiger partial charge in [-0.3, -0.25) is 9.78 Å². The van der Waals surface area contributed by atoms with E-state index in [1.165, 1.54) is 11.1 Å². The first kappa shape index (κ1) is 19.2. The number of hydrogen-bond donors (Lipinski definition) is 2. The number of hydrogen-bond acceptors (Lipinski definition) is 5. The van der Waals surface area contributed by atoms with Crippen molar-refractivity contribution in [2.24, 2.45) is 0 Å². The molecular formula is C22H23N3O3. The molecule has 0 bridgehead atoms. The van der Waals surface area contributed by atoms with Crippen LogP contribution in [0.2, 0.25) is 0 Å². The number of pyridine rings is 1. The molecule has 6 nitrogen and oxygen atoms in total. The molecular weight excluding hydrogens is 354 g/mol. The molecule has 0 aliphatic rings. The zero-order valence-corrected chi connectivity index (χ0v) is 16.2. The molecule has 2 aromatic carbocycles. The van der Waals surface area contributed by atoms with Crippen LogP contribution in [-0.2, 0) is 6.54 Å². The van der Waals surface area contributed by atoms with E-state index in [0.717, 1.165) is 5.69 Å². The summed E-state index contributed by atoms with van der Waals surface area (Å²) in [6.45, 7) is 2.74. The summed E-state index contributed by atoms with van der Waals surface area (Å²) in [6.07, 6.45) is 1.61. The maximum absolute atomic E-state index is 12.7. The highest BCUT2D eigenvalue weighted by Gasteiger charge is 2.13. The lowest BCUT2D eigenvalue weighted by molar-refractivity contribution is 0.102. The number of rotatable bonds is 7. The number of amides is 1. The molecule has 0 unspecified atom stereocenters. The molecule has 0 saturated heterocycles. The second-order valence-corrected chi connectivity index (χ2v) is 6.23. The smallest absolute Gasteiger partial charge is 0.274 e. The van der Waals surface area contributed by atoms with E-state index in [2.05, 4.69) is 34.7 Å². The lowest BCUT2D eigenvalue weighted by Crippen LogP contribution is -2.15. The summed E-state index contributed by atoms with van der Waals surface area (Å²) >= 11 is 0. The van der Waals surface area contributed by atoms with Crippen LogP contribution >= 0.6 is 0 Å². The molecule has 28 heavy (non-hydrogen) atoms. The van der Waals surface area contributed by atoms with Crippen molar-refractivity contribution in [3.8, 4) is 11.5 Å². The number of methoxy groups -OCH3 is 2. The van der Waals surface area contributed by atoms with Crippen LogP contribution < -0.4 is 20.1 Å². The number of aryl methyl sites for hydroxylation is 1. The Hall–Kier alpha value is -3.54. The van der Waals surface area contributed by atoms with Gasteiger partial charge in [-0.15, -0.1) is 0 Å². The van der Waals surface area contributed by atoms with Crippen LogP contribution in [0.15, 0.2) is 60.8 Å². The normalized spacial score (nSPS) is 10.2. The fraction of sp³-hybridized carbons (Fsp3) is 0.182. The summed E-state index contributed by atoms with van der Waals surface area (Å²) in [6, 6.07) is 16.9. The number of carbonyl (C=O) groups excluding carboxylic acids is 1. The number of nitrogens with zero attached hydrogens (tertiary/aromatic N) is 1. The lowest BCUT2D eigenvalue weighted by atomic mass is 10.1. The number of anilines is 2. The van der Waals surface area contributed by atoms with E-state index in [0.29, 0.717) is 29.4 Å². The van der Waals surface area contributed by atoms with Gasteiger partial charge >= 0.3 is 0 Å². The zero-order valence-electron chi connectivity index (χ0n) is 16.2. The Labute approximate surface area is 164 Å². The van der Waals surface area contributed by atoms with Crippen molar-refractivity contribution in [1.29, 1.82) is 0 Å². The van der Waals surface area contributed by atoms with Crippen molar-refractivity contribution in [3.63, 3.8) is 0 Å². The zero-order chi connectivity index (χ0) is 19.9. The van der Waals surface area contributed by atoms with Crippen LogP contribution in [0, 0.1) is 6.92 Å². The Balaban J connectivity index is 1.73. The summed E-state index contributed by atoms with van der Waals surface area (Å²) < 4.78 is 10.5. The van der Waals surface area contributed by atoms with E-state index in [-0.39, 0.29) is 5.91 Å². The Morgan fingerprint density at radius 2 is 1.86 bits per heavy atom. The molecule has 0 radical (unpaired) electrons. The molecule has 0 aliphatic carbocycles. The van der Waals surface area contributed by atoms with Crippen molar-refractivity contribution in [3.05, 3.63) is 77.6 Å². The SMILES string of the molecule is COc1ccc(OC)c(NC(=O)c2cc(NCc3ccccc3C)ccn2)c1. The van der Waals surface area contributed by atoms with Gasteiger partial charge in [0.05, 0.1) is 19.9 Å². The molecule has 0 fully saturated rings. The maximum atomic E-state index is 12.7. The maximum Gasteiger partial charge on any atom is 0.274 e. The van der Waals surface area contributed by atoms with Gasteiger partial charge in [-0.2, -0.15) is 0 Å². The third-order valence-electron chi connectivity index (χ3n) is 4.39. The molecule has 2 N–H and O–H groups in total. The van der Waals surface area contributed by atoms with Gasteiger partial charge in [0, 0.05) is 24.5 Å². The van der Waals surface area contributed by atoms with Crippen molar-refractivity contribution in [1.82, 2.24) is 4.98 Å². The number of aromatic nitrogens is 1. The Morgan fingerprint density at radius 3 is 2.61 bits per heavy atom. The number of nitrogens with one attached hydrogen (secondary N) is 2. The van der Waals surface area contributed by atoms with Crippen LogP contribution in [0.5, 0.6) is 11.5 Å². The van der Waals surface area contributed by atoms with Gasteiger partial charge in [0.15, 0.2) is 0 Å². The molecule has 3 rings (SSSR count). The van der Waals surface area contributed by atoms with E-state index in [9.17, 15) is 4.79 Å². The predicted molar refractivity (Wildman–Crippen MR) is 110 cm³/mol. The highest BCUT2D eigenvalue weighted by atomic mass is 16.5. The number of benzene rings is 2. The second-order valence-electron chi connectivity index (χ2n) is 6.23. The predicted octanol–water partition coefficient (Wildman–Crippen LogP) is 4.27. The first-order valence-corrected chi connectivity index (χ1v) is 8.88. The van der Waals surface area contributed by atoms with E-state index >= 15 is 0 Å². The Kier molecular flexibility index (Phi) is 6.11. The van der Waals surface area contributed by atoms with E-state index < -0.39 is 0 Å². The van der Waals surface area contributed by atoms with Gasteiger partial charge in [-0.25, -0.2) is 0 Å². The largest absolute Gasteiger partial charge is 0.497 e. The summed E-state index contributed by atoms with van der Waals surface area (Å²) in [7, 11) is 3.12. The molecule has 1 amide bonds. The third kappa shape index (κ3) is 4.59. The minimum Gasteiger partial charge on any atom is -0.497 e. The van der Waals surface area contributed by atoms with Gasteiger partial charge in [-0.05, 0) is 42.3 Å². The van der Waals surface area contributed by atoms with Gasteiger partial charge in [0.2, 0.25) is 0 Å². The van der Waals surface area contributed by atoms with Crippen LogP contribution in [0.25, 0.3) is 0 Å². The molecule has 6 heteroatoms. The molecule has 0 saturated carbocycles. The molecule has 3 aromatic rings. The third-order valence-corrected chi connectivity index (χ3v) is 4.39. The van der Waals surface area contributed by atoms with E-state index in [1.807, 2.05) is 18.2 Å². The fourth-order valence-electron chi connectivity index (χ4n) is 2.77.